The van der Waals surface area contributed by atoms with Gasteiger partial charge in [-0.15, -0.1) is 0 Å². The summed E-state index contributed by atoms with van der Waals surface area (Å²) in [6.45, 7) is 8.89. The maximum absolute atomic E-state index is 5.72. The molecule has 3 rings (SSSR count). The summed E-state index contributed by atoms with van der Waals surface area (Å²) < 4.78 is 11.4. The van der Waals surface area contributed by atoms with E-state index >= 15 is 0 Å². The van der Waals surface area contributed by atoms with Crippen molar-refractivity contribution in [2.24, 2.45) is 4.99 Å². The number of nitrogens with zero attached hydrogens (tertiary/aromatic N) is 3. The highest BCUT2D eigenvalue weighted by Gasteiger charge is 2.13. The van der Waals surface area contributed by atoms with Gasteiger partial charge in [0.15, 0.2) is 17.5 Å². The van der Waals surface area contributed by atoms with Crippen LogP contribution in [0.1, 0.15) is 37.8 Å². The summed E-state index contributed by atoms with van der Waals surface area (Å²) in [6, 6.07) is 10.3. The van der Waals surface area contributed by atoms with Crippen molar-refractivity contribution in [2.45, 2.75) is 39.7 Å². The van der Waals surface area contributed by atoms with Gasteiger partial charge in [0.25, 0.3) is 0 Å². The van der Waals surface area contributed by atoms with Crippen LogP contribution < -0.4 is 25.0 Å². The van der Waals surface area contributed by atoms with Crippen LogP contribution >= 0.6 is 0 Å². The molecule has 1 fully saturated rings. The third-order valence-electron chi connectivity index (χ3n) is 5.24. The number of hydrogen-bond donors (Lipinski definition) is 2. The van der Waals surface area contributed by atoms with E-state index in [4.69, 9.17) is 9.47 Å². The summed E-state index contributed by atoms with van der Waals surface area (Å²) in [5.74, 6) is 3.45. The zero-order valence-corrected chi connectivity index (χ0v) is 19.0. The maximum atomic E-state index is 5.72. The molecule has 1 aromatic heterocycles. The molecule has 31 heavy (non-hydrogen) atoms. The molecular weight excluding hydrogens is 390 g/mol. The molecule has 0 radical (unpaired) electrons. The molecule has 2 aromatic rings. The van der Waals surface area contributed by atoms with E-state index in [0.717, 1.165) is 49.3 Å². The van der Waals surface area contributed by atoms with E-state index in [-0.39, 0.29) is 0 Å². The molecule has 1 saturated heterocycles. The standard InChI is InChI=1S/C24H35N5O2/c1-4-30-21-9-8-19(16-22(21)31-5-2)10-13-27-24(25-3)28-18-20-11-12-26-23(17-20)29-14-6-7-15-29/h8-9,11-12,16-17H,4-7,10,13-15,18H2,1-3H3,(H2,25,27,28). The predicted octanol–water partition coefficient (Wildman–Crippen LogP) is 3.39. The molecule has 0 spiro atoms. The number of anilines is 1. The molecule has 168 valence electrons. The number of aromatic nitrogens is 1. The highest BCUT2D eigenvalue weighted by molar-refractivity contribution is 5.79. The Morgan fingerprint density at radius 2 is 1.77 bits per heavy atom. The Labute approximate surface area is 185 Å². The van der Waals surface area contributed by atoms with E-state index in [2.05, 4.69) is 49.8 Å². The largest absolute Gasteiger partial charge is 0.490 e. The Hall–Kier alpha value is -2.96. The van der Waals surface area contributed by atoms with Gasteiger partial charge in [-0.1, -0.05) is 6.07 Å². The first-order valence-corrected chi connectivity index (χ1v) is 11.3. The number of benzene rings is 1. The van der Waals surface area contributed by atoms with E-state index < -0.39 is 0 Å². The number of rotatable bonds is 10. The Morgan fingerprint density at radius 3 is 2.52 bits per heavy atom. The second-order valence-corrected chi connectivity index (χ2v) is 7.47. The topological polar surface area (TPSA) is 71.0 Å². The highest BCUT2D eigenvalue weighted by Crippen LogP contribution is 2.28. The van der Waals surface area contributed by atoms with E-state index in [1.807, 2.05) is 26.1 Å². The normalized spacial score (nSPS) is 13.9. The van der Waals surface area contributed by atoms with Crippen molar-refractivity contribution in [1.29, 1.82) is 0 Å². The number of hydrogen-bond acceptors (Lipinski definition) is 5. The second kappa shape index (κ2) is 12.0. The second-order valence-electron chi connectivity index (χ2n) is 7.47. The Kier molecular flexibility index (Phi) is 8.82. The molecule has 0 bridgehead atoms. The summed E-state index contributed by atoms with van der Waals surface area (Å²) in [5, 5.41) is 6.79. The van der Waals surface area contributed by atoms with Gasteiger partial charge in [0.1, 0.15) is 5.82 Å². The van der Waals surface area contributed by atoms with Crippen LogP contribution in [0.15, 0.2) is 41.5 Å². The van der Waals surface area contributed by atoms with Crippen LogP contribution in [0, 0.1) is 0 Å². The smallest absolute Gasteiger partial charge is 0.191 e. The first kappa shape index (κ1) is 22.7. The van der Waals surface area contributed by atoms with Crippen LogP contribution in [-0.2, 0) is 13.0 Å². The fraction of sp³-hybridized carbons (Fsp3) is 0.500. The van der Waals surface area contributed by atoms with Gasteiger partial charge in [-0.3, -0.25) is 4.99 Å². The van der Waals surface area contributed by atoms with Crippen molar-refractivity contribution in [3.05, 3.63) is 47.7 Å². The lowest BCUT2D eigenvalue weighted by molar-refractivity contribution is 0.287. The van der Waals surface area contributed by atoms with Crippen molar-refractivity contribution in [2.75, 3.05) is 44.8 Å². The van der Waals surface area contributed by atoms with Crippen molar-refractivity contribution in [3.63, 3.8) is 0 Å². The molecule has 0 unspecified atom stereocenters. The molecule has 2 N–H and O–H groups in total. The molecule has 7 heteroatoms. The number of ether oxygens (including phenoxy) is 2. The molecule has 1 aliphatic rings. The van der Waals surface area contributed by atoms with Crippen molar-refractivity contribution in [3.8, 4) is 11.5 Å². The summed E-state index contributed by atoms with van der Waals surface area (Å²) in [6.07, 6.45) is 5.26. The maximum Gasteiger partial charge on any atom is 0.191 e. The van der Waals surface area contributed by atoms with Crippen LogP contribution in [0.4, 0.5) is 5.82 Å². The summed E-state index contributed by atoms with van der Waals surface area (Å²) in [4.78, 5) is 11.2. The molecule has 0 amide bonds. The van der Waals surface area contributed by atoms with Crippen molar-refractivity contribution >= 4 is 11.8 Å². The fourth-order valence-electron chi connectivity index (χ4n) is 3.67. The van der Waals surface area contributed by atoms with Crippen LogP contribution in [0.3, 0.4) is 0 Å². The minimum atomic E-state index is 0.618. The van der Waals surface area contributed by atoms with Crippen LogP contribution in [0.2, 0.25) is 0 Å². The van der Waals surface area contributed by atoms with E-state index in [0.29, 0.717) is 19.8 Å². The first-order valence-electron chi connectivity index (χ1n) is 11.3. The van der Waals surface area contributed by atoms with Gasteiger partial charge in [0.05, 0.1) is 13.2 Å². The van der Waals surface area contributed by atoms with Gasteiger partial charge >= 0.3 is 0 Å². The van der Waals surface area contributed by atoms with Gasteiger partial charge in [0.2, 0.25) is 0 Å². The van der Waals surface area contributed by atoms with Crippen LogP contribution in [0.5, 0.6) is 11.5 Å². The molecule has 1 aromatic carbocycles. The summed E-state index contributed by atoms with van der Waals surface area (Å²) in [5.41, 5.74) is 2.40. The lowest BCUT2D eigenvalue weighted by atomic mass is 10.1. The van der Waals surface area contributed by atoms with Gasteiger partial charge in [0, 0.05) is 39.4 Å². The van der Waals surface area contributed by atoms with E-state index in [9.17, 15) is 0 Å². The number of guanidine groups is 1. The van der Waals surface area contributed by atoms with Crippen LogP contribution in [-0.4, -0.2) is 50.8 Å². The lowest BCUT2D eigenvalue weighted by Crippen LogP contribution is -2.37. The highest BCUT2D eigenvalue weighted by atomic mass is 16.5. The molecular formula is C24H35N5O2. The Balaban J connectivity index is 1.49. The zero-order chi connectivity index (χ0) is 21.9. The molecule has 0 saturated carbocycles. The van der Waals surface area contributed by atoms with Crippen LogP contribution in [0.25, 0.3) is 0 Å². The number of pyridine rings is 1. The average Bonchev–Trinajstić information content (AvgIpc) is 3.33. The van der Waals surface area contributed by atoms with E-state index in [1.165, 1.54) is 24.0 Å². The SMILES string of the molecule is CCOc1ccc(CCNC(=NC)NCc2ccnc(N3CCCC3)c2)cc1OCC. The third-order valence-corrected chi connectivity index (χ3v) is 5.24. The van der Waals surface area contributed by atoms with E-state index in [1.54, 1.807) is 7.05 Å². The molecule has 2 heterocycles. The monoisotopic (exact) mass is 425 g/mol. The number of aliphatic imine (C=N–C) groups is 1. The third kappa shape index (κ3) is 6.77. The lowest BCUT2D eigenvalue weighted by Gasteiger charge is -2.17. The van der Waals surface area contributed by atoms with Gasteiger partial charge in [-0.2, -0.15) is 0 Å². The molecule has 0 aliphatic carbocycles. The predicted molar refractivity (Wildman–Crippen MR) is 126 cm³/mol. The first-order chi connectivity index (χ1) is 15.2. The molecule has 0 atom stereocenters. The van der Waals surface area contributed by atoms with Gasteiger partial charge in [-0.25, -0.2) is 4.98 Å². The minimum Gasteiger partial charge on any atom is -0.490 e. The summed E-state index contributed by atoms with van der Waals surface area (Å²) >= 11 is 0. The van der Waals surface area contributed by atoms with Gasteiger partial charge in [-0.05, 0) is 68.5 Å². The zero-order valence-electron chi connectivity index (χ0n) is 19.0. The quantitative estimate of drug-likeness (QED) is 0.449. The molecule has 7 nitrogen and oxygen atoms in total. The minimum absolute atomic E-state index is 0.618. The fourth-order valence-corrected chi connectivity index (χ4v) is 3.67. The molecule has 1 aliphatic heterocycles. The summed E-state index contributed by atoms with van der Waals surface area (Å²) in [7, 11) is 1.79. The Bertz CT molecular complexity index is 850. The van der Waals surface area contributed by atoms with Crippen molar-refractivity contribution < 1.29 is 9.47 Å². The van der Waals surface area contributed by atoms with Gasteiger partial charge < -0.3 is 25.0 Å². The van der Waals surface area contributed by atoms with Crippen molar-refractivity contribution in [1.82, 2.24) is 15.6 Å². The Morgan fingerprint density at radius 1 is 1.00 bits per heavy atom. The number of nitrogens with one attached hydrogen (secondary N) is 2. The average molecular weight is 426 g/mol.